The van der Waals surface area contributed by atoms with Gasteiger partial charge in [-0.15, -0.1) is 0 Å². The lowest BCUT2D eigenvalue weighted by Crippen LogP contribution is -2.31. The van der Waals surface area contributed by atoms with Crippen molar-refractivity contribution in [3.63, 3.8) is 0 Å². The van der Waals surface area contributed by atoms with Gasteiger partial charge in [-0.1, -0.05) is 0 Å². The molecule has 0 aliphatic carbocycles. The van der Waals surface area contributed by atoms with Crippen molar-refractivity contribution in [3.8, 4) is 0 Å². The lowest BCUT2D eigenvalue weighted by molar-refractivity contribution is -0.164. The summed E-state index contributed by atoms with van der Waals surface area (Å²) >= 11 is 0. The van der Waals surface area contributed by atoms with Gasteiger partial charge in [0.2, 0.25) is 0 Å². The molecule has 0 saturated carbocycles. The van der Waals surface area contributed by atoms with Crippen LogP contribution < -0.4 is 0 Å². The van der Waals surface area contributed by atoms with Crippen LogP contribution in [0.1, 0.15) is 19.8 Å². The van der Waals surface area contributed by atoms with Gasteiger partial charge >= 0.3 is 5.97 Å². The Morgan fingerprint density at radius 3 is 3.00 bits per heavy atom. The molecular formula is C8H14O4. The highest BCUT2D eigenvalue weighted by Gasteiger charge is 2.20. The molecule has 4 heteroatoms. The molecule has 1 unspecified atom stereocenters. The molecule has 0 bridgehead atoms. The van der Waals surface area contributed by atoms with Crippen molar-refractivity contribution in [2.45, 2.75) is 32.0 Å². The zero-order valence-electron chi connectivity index (χ0n) is 7.16. The molecule has 1 fully saturated rings. The first-order chi connectivity index (χ1) is 5.70. The number of hydrogen-bond donors (Lipinski definition) is 1. The molecule has 4 nitrogen and oxygen atoms in total. The Hall–Kier alpha value is -0.610. The number of carbonyl (C=O) groups is 1. The monoisotopic (exact) mass is 174 g/mol. The number of hydrogen-bond acceptors (Lipinski definition) is 4. The third-order valence-electron chi connectivity index (χ3n) is 1.74. The van der Waals surface area contributed by atoms with Gasteiger partial charge in [0.25, 0.3) is 0 Å². The van der Waals surface area contributed by atoms with Gasteiger partial charge < -0.3 is 14.6 Å². The molecule has 2 atom stereocenters. The zero-order chi connectivity index (χ0) is 8.97. The van der Waals surface area contributed by atoms with Gasteiger partial charge in [-0.3, -0.25) is 0 Å². The molecule has 0 amide bonds. The van der Waals surface area contributed by atoms with Crippen LogP contribution in [0.25, 0.3) is 0 Å². The molecule has 1 saturated heterocycles. The predicted octanol–water partition coefficient (Wildman–Crippen LogP) is 0.0894. The molecule has 0 aromatic rings. The quantitative estimate of drug-likeness (QED) is 0.603. The van der Waals surface area contributed by atoms with Gasteiger partial charge in [-0.05, 0) is 19.8 Å². The fourth-order valence-electron chi connectivity index (χ4n) is 1.07. The van der Waals surface area contributed by atoms with E-state index in [1.54, 1.807) is 0 Å². The highest BCUT2D eigenvalue weighted by Crippen LogP contribution is 2.10. The zero-order valence-corrected chi connectivity index (χ0v) is 7.16. The van der Waals surface area contributed by atoms with Crippen molar-refractivity contribution in [2.75, 3.05) is 13.2 Å². The molecule has 0 spiro atoms. The Labute approximate surface area is 71.5 Å². The maximum absolute atomic E-state index is 10.9. The topological polar surface area (TPSA) is 55.8 Å². The number of esters is 1. The van der Waals surface area contributed by atoms with Crippen LogP contribution in [0, 0.1) is 0 Å². The molecule has 0 aromatic heterocycles. The largest absolute Gasteiger partial charge is 0.458 e. The minimum atomic E-state index is -1.04. The maximum Gasteiger partial charge on any atom is 0.335 e. The highest BCUT2D eigenvalue weighted by atomic mass is 16.6. The number of rotatable bonds is 2. The van der Waals surface area contributed by atoms with E-state index in [1.807, 2.05) is 0 Å². The number of aliphatic hydroxyl groups excluding tert-OH is 1. The summed E-state index contributed by atoms with van der Waals surface area (Å²) in [6, 6.07) is 0. The van der Waals surface area contributed by atoms with E-state index in [0.717, 1.165) is 19.4 Å². The summed E-state index contributed by atoms with van der Waals surface area (Å²) in [7, 11) is 0. The van der Waals surface area contributed by atoms with Gasteiger partial charge in [0, 0.05) is 6.61 Å². The molecule has 12 heavy (non-hydrogen) atoms. The number of aliphatic hydroxyl groups is 1. The summed E-state index contributed by atoms with van der Waals surface area (Å²) in [5, 5.41) is 8.84. The van der Waals surface area contributed by atoms with Crippen LogP contribution in [-0.2, 0) is 14.3 Å². The number of ether oxygens (including phenoxy) is 2. The van der Waals surface area contributed by atoms with Crippen LogP contribution in [0.5, 0.6) is 0 Å². The van der Waals surface area contributed by atoms with E-state index in [4.69, 9.17) is 14.6 Å². The minimum Gasteiger partial charge on any atom is -0.458 e. The Balaban J connectivity index is 2.24. The Kier molecular flexibility index (Phi) is 3.49. The third kappa shape index (κ3) is 2.79. The van der Waals surface area contributed by atoms with Crippen LogP contribution in [0.15, 0.2) is 0 Å². The van der Waals surface area contributed by atoms with Crippen molar-refractivity contribution in [1.82, 2.24) is 0 Å². The van der Waals surface area contributed by atoms with Gasteiger partial charge in [-0.2, -0.15) is 0 Å². The van der Waals surface area contributed by atoms with Gasteiger partial charge in [-0.25, -0.2) is 4.79 Å². The predicted molar refractivity (Wildman–Crippen MR) is 41.6 cm³/mol. The minimum absolute atomic E-state index is 0.166. The molecule has 1 rings (SSSR count). The van der Waals surface area contributed by atoms with Crippen molar-refractivity contribution in [2.24, 2.45) is 0 Å². The molecule has 1 aliphatic heterocycles. The standard InChI is InChI=1S/C8H14O4/c1-6(9)8(10)12-7-3-2-4-11-5-7/h6-7,9H,2-5H2,1H3/t6-,7?/m0/s1. The van der Waals surface area contributed by atoms with E-state index in [1.165, 1.54) is 6.92 Å². The summed E-state index contributed by atoms with van der Waals surface area (Å²) in [5.74, 6) is -0.564. The fraction of sp³-hybridized carbons (Fsp3) is 0.875. The molecule has 1 aliphatic rings. The normalized spacial score (nSPS) is 26.3. The first-order valence-electron chi connectivity index (χ1n) is 4.16. The van der Waals surface area contributed by atoms with Crippen LogP contribution in [-0.4, -0.2) is 36.5 Å². The van der Waals surface area contributed by atoms with Crippen molar-refractivity contribution in [3.05, 3.63) is 0 Å². The molecular weight excluding hydrogens is 160 g/mol. The van der Waals surface area contributed by atoms with E-state index in [-0.39, 0.29) is 6.10 Å². The maximum atomic E-state index is 10.9. The van der Waals surface area contributed by atoms with Crippen molar-refractivity contribution in [1.29, 1.82) is 0 Å². The first-order valence-corrected chi connectivity index (χ1v) is 4.16. The lowest BCUT2D eigenvalue weighted by atomic mass is 10.2. The Morgan fingerprint density at radius 1 is 1.75 bits per heavy atom. The first kappa shape index (κ1) is 9.48. The second-order valence-corrected chi connectivity index (χ2v) is 2.95. The fourth-order valence-corrected chi connectivity index (χ4v) is 1.07. The van der Waals surface area contributed by atoms with E-state index >= 15 is 0 Å². The van der Waals surface area contributed by atoms with Gasteiger partial charge in [0.15, 0.2) is 0 Å². The molecule has 0 aromatic carbocycles. The second-order valence-electron chi connectivity index (χ2n) is 2.95. The molecule has 1 N–H and O–H groups in total. The number of carbonyl (C=O) groups excluding carboxylic acids is 1. The van der Waals surface area contributed by atoms with Gasteiger partial charge in [0.05, 0.1) is 6.61 Å². The van der Waals surface area contributed by atoms with E-state index in [9.17, 15) is 4.79 Å². The molecule has 0 radical (unpaired) electrons. The summed E-state index contributed by atoms with van der Waals surface area (Å²) < 4.78 is 10.0. The van der Waals surface area contributed by atoms with Gasteiger partial charge in [0.1, 0.15) is 12.2 Å². The van der Waals surface area contributed by atoms with E-state index in [0.29, 0.717) is 6.61 Å². The third-order valence-corrected chi connectivity index (χ3v) is 1.74. The van der Waals surface area contributed by atoms with Crippen LogP contribution in [0.2, 0.25) is 0 Å². The molecule has 1 heterocycles. The SMILES string of the molecule is C[C@H](O)C(=O)OC1CCCOC1. The van der Waals surface area contributed by atoms with Crippen LogP contribution >= 0.6 is 0 Å². The van der Waals surface area contributed by atoms with E-state index in [2.05, 4.69) is 0 Å². The smallest absolute Gasteiger partial charge is 0.335 e. The van der Waals surface area contributed by atoms with E-state index < -0.39 is 12.1 Å². The van der Waals surface area contributed by atoms with Crippen molar-refractivity contribution < 1.29 is 19.4 Å². The Bertz CT molecular complexity index is 149. The Morgan fingerprint density at radius 2 is 2.50 bits per heavy atom. The van der Waals surface area contributed by atoms with Crippen molar-refractivity contribution >= 4 is 5.97 Å². The summed E-state index contributed by atoms with van der Waals surface area (Å²) in [6.07, 6.45) is 0.545. The molecule has 70 valence electrons. The average Bonchev–Trinajstić information content (AvgIpc) is 2.06. The summed E-state index contributed by atoms with van der Waals surface area (Å²) in [4.78, 5) is 10.9. The highest BCUT2D eigenvalue weighted by molar-refractivity contribution is 5.73. The second kappa shape index (κ2) is 4.42. The van der Waals surface area contributed by atoms with Crippen LogP contribution in [0.3, 0.4) is 0 Å². The summed E-state index contributed by atoms with van der Waals surface area (Å²) in [5.41, 5.74) is 0. The van der Waals surface area contributed by atoms with Crippen LogP contribution in [0.4, 0.5) is 0 Å². The average molecular weight is 174 g/mol. The lowest BCUT2D eigenvalue weighted by Gasteiger charge is -2.22. The summed E-state index contributed by atoms with van der Waals surface area (Å²) in [6.45, 7) is 2.59.